The smallest absolute Gasteiger partial charge is 0.116 e. The van der Waals surface area contributed by atoms with Crippen molar-refractivity contribution in [1.29, 1.82) is 0 Å². The number of benzene rings is 9. The molecule has 3 heterocycles. The molecule has 0 spiro atoms. The normalized spacial score (nSPS) is 11.8. The Kier molecular flexibility index (Phi) is 7.62. The molecule has 2 nitrogen and oxygen atoms in total. The number of hydrogen-bond acceptors (Lipinski definition) is 4. The number of rotatable bonds is 5. The van der Waals surface area contributed by atoms with Crippen LogP contribution in [0.5, 0.6) is 0 Å². The lowest BCUT2D eigenvalue weighted by Gasteiger charge is -2.12. The largest absolute Gasteiger partial charge is 0.236 e. The van der Waals surface area contributed by atoms with Gasteiger partial charge in [-0.15, -0.1) is 22.7 Å². The van der Waals surface area contributed by atoms with Crippen LogP contribution in [0.15, 0.2) is 194 Å². The molecule has 0 fully saturated rings. The van der Waals surface area contributed by atoms with E-state index < -0.39 is 0 Å². The molecule has 0 amide bonds. The summed E-state index contributed by atoms with van der Waals surface area (Å²) in [5.74, 6) is 0. The molecule has 0 unspecified atom stereocenters. The predicted octanol–water partition coefficient (Wildman–Crippen LogP) is 15.9. The van der Waals surface area contributed by atoms with E-state index in [0.29, 0.717) is 0 Å². The summed E-state index contributed by atoms with van der Waals surface area (Å²) >= 11 is 3.75. The van der Waals surface area contributed by atoms with Crippen molar-refractivity contribution in [3.05, 3.63) is 194 Å². The van der Waals surface area contributed by atoms with E-state index >= 15 is 0 Å². The van der Waals surface area contributed by atoms with Crippen LogP contribution in [-0.2, 0) is 0 Å². The fourth-order valence-electron chi connectivity index (χ4n) is 8.77. The summed E-state index contributed by atoms with van der Waals surface area (Å²) in [6, 6.07) is 68.5. The Morgan fingerprint density at radius 3 is 1.55 bits per heavy atom. The van der Waals surface area contributed by atoms with E-state index in [9.17, 15) is 0 Å². The van der Waals surface area contributed by atoms with Gasteiger partial charge in [-0.25, -0.2) is 9.97 Å². The molecule has 0 aliphatic rings. The second kappa shape index (κ2) is 13.3. The molecule has 0 aliphatic heterocycles. The zero-order chi connectivity index (χ0) is 38.2. The van der Waals surface area contributed by atoms with Crippen molar-refractivity contribution in [2.75, 3.05) is 0 Å². The van der Waals surface area contributed by atoms with Crippen molar-refractivity contribution in [2.45, 2.75) is 0 Å². The first kappa shape index (κ1) is 33.2. The summed E-state index contributed by atoms with van der Waals surface area (Å²) in [5, 5.41) is 8.62. The highest BCUT2D eigenvalue weighted by Crippen LogP contribution is 2.42. The SMILES string of the molecule is c1cc(-c2ccc(-c3cccc4c3sc3ccccc34)cc2)cc(-c2ncnc3c2ccc2cc(-c4cccc(-c5cccc6c5sc5ccccc56)c4)ccc23)c1. The van der Waals surface area contributed by atoms with E-state index in [2.05, 4.69) is 188 Å². The maximum absolute atomic E-state index is 4.85. The number of aromatic nitrogens is 2. The van der Waals surface area contributed by atoms with Crippen LogP contribution in [0.3, 0.4) is 0 Å². The number of fused-ring (bicyclic) bond motifs is 9. The fraction of sp³-hybridized carbons (Fsp3) is 0. The standard InChI is InChI=1S/C54H32N2S2/c1-3-19-49-44(13-1)46-17-7-15-42(53(46)57-49)34-23-21-33(22-24-34)35-9-6-12-40(31-35)51-48-28-26-39-30-37(25-27-41(39)52(48)56-32-55-51)36-10-5-11-38(29-36)43-16-8-18-47-45-14-2-4-20-50(45)58-54(43)47/h1-32H. The van der Waals surface area contributed by atoms with Crippen LogP contribution < -0.4 is 0 Å². The summed E-state index contributed by atoms with van der Waals surface area (Å²) in [6.07, 6.45) is 1.71. The highest BCUT2D eigenvalue weighted by Gasteiger charge is 2.15. The summed E-state index contributed by atoms with van der Waals surface area (Å²) in [6.45, 7) is 0. The summed E-state index contributed by atoms with van der Waals surface area (Å²) in [7, 11) is 0. The molecule has 0 bridgehead atoms. The Labute approximate surface area is 343 Å². The minimum Gasteiger partial charge on any atom is -0.236 e. The van der Waals surface area contributed by atoms with Crippen LogP contribution in [0.25, 0.3) is 118 Å². The Bertz CT molecular complexity index is 3580. The zero-order valence-electron chi connectivity index (χ0n) is 31.2. The molecular formula is C54H32N2S2. The number of hydrogen-bond donors (Lipinski definition) is 0. The van der Waals surface area contributed by atoms with Gasteiger partial charge >= 0.3 is 0 Å². The third-order valence-corrected chi connectivity index (χ3v) is 14.0. The van der Waals surface area contributed by atoms with Gasteiger partial charge in [0.2, 0.25) is 0 Å². The van der Waals surface area contributed by atoms with Crippen molar-refractivity contribution in [2.24, 2.45) is 0 Å². The third-order valence-electron chi connectivity index (χ3n) is 11.6. The lowest BCUT2D eigenvalue weighted by molar-refractivity contribution is 1.23. The van der Waals surface area contributed by atoms with E-state index in [1.165, 1.54) is 79.3 Å². The number of thiophene rings is 2. The first-order valence-corrected chi connectivity index (χ1v) is 21.2. The first-order valence-electron chi connectivity index (χ1n) is 19.5. The molecule has 0 saturated carbocycles. The third kappa shape index (κ3) is 5.37. The van der Waals surface area contributed by atoms with Crippen LogP contribution in [0.2, 0.25) is 0 Å². The van der Waals surface area contributed by atoms with E-state index in [1.54, 1.807) is 6.33 Å². The molecule has 0 saturated heterocycles. The van der Waals surface area contributed by atoms with Crippen LogP contribution in [0.4, 0.5) is 0 Å². The monoisotopic (exact) mass is 772 g/mol. The van der Waals surface area contributed by atoms with E-state index in [0.717, 1.165) is 38.5 Å². The summed E-state index contributed by atoms with van der Waals surface area (Å²) in [4.78, 5) is 9.69. The lowest BCUT2D eigenvalue weighted by Crippen LogP contribution is -1.91. The van der Waals surface area contributed by atoms with Gasteiger partial charge in [0.1, 0.15) is 6.33 Å². The van der Waals surface area contributed by atoms with Crippen LogP contribution in [0.1, 0.15) is 0 Å². The molecular weight excluding hydrogens is 741 g/mol. The highest BCUT2D eigenvalue weighted by molar-refractivity contribution is 7.26. The first-order chi connectivity index (χ1) is 28.7. The van der Waals surface area contributed by atoms with E-state index in [4.69, 9.17) is 9.97 Å². The average Bonchev–Trinajstić information content (AvgIpc) is 3.88. The Morgan fingerprint density at radius 2 is 0.828 bits per heavy atom. The maximum atomic E-state index is 4.85. The minimum atomic E-state index is 0.939. The van der Waals surface area contributed by atoms with Crippen molar-refractivity contribution in [3.8, 4) is 55.8 Å². The van der Waals surface area contributed by atoms with Gasteiger partial charge < -0.3 is 0 Å². The van der Waals surface area contributed by atoms with Crippen LogP contribution in [0, 0.1) is 0 Å². The van der Waals surface area contributed by atoms with Gasteiger partial charge in [-0.3, -0.25) is 0 Å². The molecule has 12 aromatic rings. The van der Waals surface area contributed by atoms with Crippen molar-refractivity contribution < 1.29 is 0 Å². The quantitative estimate of drug-likeness (QED) is 0.163. The van der Waals surface area contributed by atoms with Gasteiger partial charge in [0, 0.05) is 56.7 Å². The van der Waals surface area contributed by atoms with Crippen LogP contribution >= 0.6 is 22.7 Å². The van der Waals surface area contributed by atoms with Crippen molar-refractivity contribution >= 4 is 84.7 Å². The van der Waals surface area contributed by atoms with Gasteiger partial charge in [-0.1, -0.05) is 152 Å². The Morgan fingerprint density at radius 1 is 0.310 bits per heavy atom. The van der Waals surface area contributed by atoms with E-state index in [1.807, 2.05) is 22.7 Å². The van der Waals surface area contributed by atoms with Gasteiger partial charge in [-0.2, -0.15) is 0 Å². The van der Waals surface area contributed by atoms with E-state index in [-0.39, 0.29) is 0 Å². The second-order valence-corrected chi connectivity index (χ2v) is 17.0. The maximum Gasteiger partial charge on any atom is 0.116 e. The molecule has 12 rings (SSSR count). The highest BCUT2D eigenvalue weighted by atomic mass is 32.1. The Balaban J connectivity index is 0.871. The lowest BCUT2D eigenvalue weighted by atomic mass is 9.95. The molecule has 9 aromatic carbocycles. The zero-order valence-corrected chi connectivity index (χ0v) is 32.8. The molecule has 58 heavy (non-hydrogen) atoms. The van der Waals surface area contributed by atoms with Gasteiger partial charge in [0.15, 0.2) is 0 Å². The fourth-order valence-corrected chi connectivity index (χ4v) is 11.2. The molecule has 4 heteroatoms. The molecule has 3 aromatic heterocycles. The van der Waals surface area contributed by atoms with Crippen molar-refractivity contribution in [1.82, 2.24) is 9.97 Å². The van der Waals surface area contributed by atoms with Gasteiger partial charge in [0.05, 0.1) is 11.2 Å². The molecule has 0 atom stereocenters. The summed E-state index contributed by atoms with van der Waals surface area (Å²) < 4.78 is 5.32. The average molecular weight is 773 g/mol. The Hall–Kier alpha value is -6.98. The van der Waals surface area contributed by atoms with Gasteiger partial charge in [0.25, 0.3) is 0 Å². The topological polar surface area (TPSA) is 25.8 Å². The molecule has 270 valence electrons. The minimum absolute atomic E-state index is 0.939. The van der Waals surface area contributed by atoms with Gasteiger partial charge in [-0.05, 0) is 86.3 Å². The summed E-state index contributed by atoms with van der Waals surface area (Å²) in [5.41, 5.74) is 12.7. The molecule has 0 radical (unpaired) electrons. The predicted molar refractivity (Wildman–Crippen MR) is 250 cm³/mol. The number of nitrogens with zero attached hydrogens (tertiary/aromatic N) is 2. The molecule has 0 aliphatic carbocycles. The van der Waals surface area contributed by atoms with Crippen LogP contribution in [-0.4, -0.2) is 9.97 Å². The molecule has 0 N–H and O–H groups in total. The van der Waals surface area contributed by atoms with Crippen molar-refractivity contribution in [3.63, 3.8) is 0 Å². The second-order valence-electron chi connectivity index (χ2n) is 14.9.